The van der Waals surface area contributed by atoms with Crippen LogP contribution in [0.1, 0.15) is 27.2 Å². The number of benzene rings is 2. The van der Waals surface area contributed by atoms with Crippen molar-refractivity contribution in [3.05, 3.63) is 69.9 Å². The van der Waals surface area contributed by atoms with Gasteiger partial charge in [-0.15, -0.1) is 0 Å². The van der Waals surface area contributed by atoms with Crippen LogP contribution < -0.4 is 0 Å². The first-order valence-corrected chi connectivity index (χ1v) is 7.42. The Balaban J connectivity index is 2.11. The zero-order valence-corrected chi connectivity index (χ0v) is 13.2. The highest BCUT2D eigenvalue weighted by molar-refractivity contribution is 6.30. The number of aromatic carboxylic acids is 1. The molecule has 112 valence electrons. The van der Waals surface area contributed by atoms with Crippen LogP contribution in [0, 0.1) is 13.8 Å². The Morgan fingerprint density at radius 1 is 1.14 bits per heavy atom. The summed E-state index contributed by atoms with van der Waals surface area (Å²) in [5.74, 6) is -0.899. The van der Waals surface area contributed by atoms with Crippen LogP contribution in [0.25, 0.3) is 10.9 Å². The summed E-state index contributed by atoms with van der Waals surface area (Å²) in [5, 5.41) is 10.9. The molecule has 0 aliphatic carbocycles. The summed E-state index contributed by atoms with van der Waals surface area (Å²) in [4.78, 5) is 11.2. The van der Waals surface area contributed by atoms with Crippen molar-refractivity contribution in [2.45, 2.75) is 20.4 Å². The fraction of sp³-hybridized carbons (Fsp3) is 0.167. The van der Waals surface area contributed by atoms with Gasteiger partial charge >= 0.3 is 5.97 Å². The van der Waals surface area contributed by atoms with Gasteiger partial charge in [-0.05, 0) is 55.3 Å². The smallest absolute Gasteiger partial charge is 0.335 e. The Hall–Kier alpha value is -2.26. The van der Waals surface area contributed by atoms with Crippen molar-refractivity contribution in [2.24, 2.45) is 0 Å². The molecule has 2 aromatic carbocycles. The average molecular weight is 314 g/mol. The second-order valence-electron chi connectivity index (χ2n) is 5.46. The molecule has 0 saturated heterocycles. The van der Waals surface area contributed by atoms with Crippen molar-refractivity contribution in [2.75, 3.05) is 0 Å². The lowest BCUT2D eigenvalue weighted by atomic mass is 10.1. The van der Waals surface area contributed by atoms with E-state index in [2.05, 4.69) is 11.5 Å². The van der Waals surface area contributed by atoms with Crippen molar-refractivity contribution in [3.63, 3.8) is 0 Å². The number of fused-ring (bicyclic) bond motifs is 1. The fourth-order valence-electron chi connectivity index (χ4n) is 2.76. The van der Waals surface area contributed by atoms with Crippen molar-refractivity contribution in [1.82, 2.24) is 4.57 Å². The van der Waals surface area contributed by atoms with E-state index in [1.165, 1.54) is 0 Å². The molecule has 4 heteroatoms. The normalized spacial score (nSPS) is 11.0. The number of hydrogen-bond donors (Lipinski definition) is 1. The van der Waals surface area contributed by atoms with Gasteiger partial charge in [0, 0.05) is 28.2 Å². The van der Waals surface area contributed by atoms with E-state index in [4.69, 9.17) is 16.7 Å². The second kappa shape index (κ2) is 5.50. The lowest BCUT2D eigenvalue weighted by Crippen LogP contribution is -2.02. The van der Waals surface area contributed by atoms with Gasteiger partial charge in [-0.25, -0.2) is 4.79 Å². The molecule has 0 atom stereocenters. The van der Waals surface area contributed by atoms with Gasteiger partial charge in [0.2, 0.25) is 0 Å². The molecule has 1 heterocycles. The summed E-state index contributed by atoms with van der Waals surface area (Å²) in [6.45, 7) is 4.83. The number of carboxylic acid groups (broad SMARTS) is 1. The van der Waals surface area contributed by atoms with Gasteiger partial charge in [-0.2, -0.15) is 0 Å². The summed E-state index contributed by atoms with van der Waals surface area (Å²) in [6, 6.07) is 13.1. The Kier molecular flexibility index (Phi) is 3.67. The summed E-state index contributed by atoms with van der Waals surface area (Å²) >= 11 is 5.93. The highest BCUT2D eigenvalue weighted by Gasteiger charge is 2.13. The minimum absolute atomic E-state index is 0.319. The summed E-state index contributed by atoms with van der Waals surface area (Å²) in [6.07, 6.45) is 0. The topological polar surface area (TPSA) is 42.2 Å². The minimum Gasteiger partial charge on any atom is -0.478 e. The Morgan fingerprint density at radius 2 is 1.82 bits per heavy atom. The van der Waals surface area contributed by atoms with Crippen LogP contribution in [0.4, 0.5) is 0 Å². The number of carboxylic acids is 1. The molecule has 0 aliphatic heterocycles. The fourth-order valence-corrected chi connectivity index (χ4v) is 2.88. The van der Waals surface area contributed by atoms with Crippen LogP contribution in [-0.4, -0.2) is 15.6 Å². The third-order valence-corrected chi connectivity index (χ3v) is 4.39. The SMILES string of the molecule is Cc1c(C)n(Cc2ccc(Cl)cc2)c2ccc(C(=O)O)cc12. The molecule has 0 bridgehead atoms. The van der Waals surface area contributed by atoms with Crippen LogP contribution in [0.2, 0.25) is 5.02 Å². The molecule has 1 N–H and O–H groups in total. The first-order valence-electron chi connectivity index (χ1n) is 7.04. The molecule has 3 rings (SSSR count). The molecule has 22 heavy (non-hydrogen) atoms. The van der Waals surface area contributed by atoms with E-state index >= 15 is 0 Å². The molecule has 0 unspecified atom stereocenters. The number of halogens is 1. The molecule has 0 fully saturated rings. The van der Waals surface area contributed by atoms with Crippen molar-refractivity contribution < 1.29 is 9.90 Å². The van der Waals surface area contributed by atoms with E-state index in [1.807, 2.05) is 37.3 Å². The number of rotatable bonds is 3. The van der Waals surface area contributed by atoms with Crippen LogP contribution in [0.3, 0.4) is 0 Å². The molecule has 3 nitrogen and oxygen atoms in total. The zero-order valence-electron chi connectivity index (χ0n) is 12.4. The van der Waals surface area contributed by atoms with Crippen molar-refractivity contribution in [3.8, 4) is 0 Å². The second-order valence-corrected chi connectivity index (χ2v) is 5.90. The Labute approximate surface area is 133 Å². The average Bonchev–Trinajstić information content (AvgIpc) is 2.74. The Morgan fingerprint density at radius 3 is 2.45 bits per heavy atom. The number of aryl methyl sites for hydroxylation is 1. The van der Waals surface area contributed by atoms with Crippen molar-refractivity contribution >= 4 is 28.5 Å². The molecular formula is C18H16ClNO2. The van der Waals surface area contributed by atoms with E-state index in [0.29, 0.717) is 5.56 Å². The number of carbonyl (C=O) groups is 1. The molecular weight excluding hydrogens is 298 g/mol. The summed E-state index contributed by atoms with van der Waals surface area (Å²) < 4.78 is 2.21. The monoisotopic (exact) mass is 313 g/mol. The van der Waals surface area contributed by atoms with Crippen LogP contribution in [0.15, 0.2) is 42.5 Å². The maximum Gasteiger partial charge on any atom is 0.335 e. The lowest BCUT2D eigenvalue weighted by Gasteiger charge is -2.09. The van der Waals surface area contributed by atoms with Gasteiger partial charge in [-0.1, -0.05) is 23.7 Å². The van der Waals surface area contributed by atoms with E-state index in [1.54, 1.807) is 12.1 Å². The van der Waals surface area contributed by atoms with E-state index < -0.39 is 5.97 Å². The summed E-state index contributed by atoms with van der Waals surface area (Å²) in [7, 11) is 0. The van der Waals surface area contributed by atoms with Gasteiger partial charge in [0.25, 0.3) is 0 Å². The minimum atomic E-state index is -0.899. The molecule has 3 aromatic rings. The van der Waals surface area contributed by atoms with Crippen LogP contribution >= 0.6 is 11.6 Å². The first kappa shape index (κ1) is 14.7. The third-order valence-electron chi connectivity index (χ3n) is 4.14. The largest absolute Gasteiger partial charge is 0.478 e. The highest BCUT2D eigenvalue weighted by atomic mass is 35.5. The van der Waals surface area contributed by atoms with Crippen LogP contribution in [0.5, 0.6) is 0 Å². The van der Waals surface area contributed by atoms with E-state index in [9.17, 15) is 4.79 Å². The van der Waals surface area contributed by atoms with Gasteiger partial charge in [-0.3, -0.25) is 0 Å². The summed E-state index contributed by atoms with van der Waals surface area (Å²) in [5.41, 5.74) is 4.79. The highest BCUT2D eigenvalue weighted by Crippen LogP contribution is 2.27. The number of nitrogens with zero attached hydrogens (tertiary/aromatic N) is 1. The standard InChI is InChI=1S/C18H16ClNO2/c1-11-12(2)20(10-13-3-6-15(19)7-4-13)17-8-5-14(18(21)22)9-16(11)17/h3-9H,10H2,1-2H3,(H,21,22). The number of aromatic nitrogens is 1. The molecule has 1 aromatic heterocycles. The Bertz CT molecular complexity index is 863. The third kappa shape index (κ3) is 2.48. The van der Waals surface area contributed by atoms with Crippen LogP contribution in [-0.2, 0) is 6.54 Å². The van der Waals surface area contributed by atoms with E-state index in [0.717, 1.165) is 39.3 Å². The first-order chi connectivity index (χ1) is 10.5. The van der Waals surface area contributed by atoms with Crippen molar-refractivity contribution in [1.29, 1.82) is 0 Å². The molecule has 0 aliphatic rings. The predicted octanol–water partition coefficient (Wildman–Crippen LogP) is 4.66. The van der Waals surface area contributed by atoms with Gasteiger partial charge in [0.15, 0.2) is 0 Å². The quantitative estimate of drug-likeness (QED) is 0.764. The van der Waals surface area contributed by atoms with Gasteiger partial charge in [0.1, 0.15) is 0 Å². The zero-order chi connectivity index (χ0) is 15.9. The van der Waals surface area contributed by atoms with Gasteiger partial charge in [0.05, 0.1) is 5.56 Å². The molecule has 0 radical (unpaired) electrons. The molecule has 0 spiro atoms. The number of hydrogen-bond acceptors (Lipinski definition) is 1. The molecule has 0 amide bonds. The van der Waals surface area contributed by atoms with E-state index in [-0.39, 0.29) is 0 Å². The lowest BCUT2D eigenvalue weighted by molar-refractivity contribution is 0.0697. The maximum absolute atomic E-state index is 11.2. The van der Waals surface area contributed by atoms with Gasteiger partial charge < -0.3 is 9.67 Å². The molecule has 0 saturated carbocycles. The predicted molar refractivity (Wildman–Crippen MR) is 88.9 cm³/mol. The maximum atomic E-state index is 11.2.